The van der Waals surface area contributed by atoms with E-state index in [9.17, 15) is 0 Å². The van der Waals surface area contributed by atoms with Crippen LogP contribution in [0.5, 0.6) is 0 Å². The summed E-state index contributed by atoms with van der Waals surface area (Å²) in [6.45, 7) is 3.64. The van der Waals surface area contributed by atoms with Gasteiger partial charge in [0.05, 0.1) is 13.1 Å². The number of nitrogens with zero attached hydrogens (tertiary/aromatic N) is 2. The average molecular weight is 184 g/mol. The molecule has 3 heteroatoms. The van der Waals surface area contributed by atoms with Crippen molar-refractivity contribution in [2.24, 2.45) is 10.2 Å². The lowest BCUT2D eigenvalue weighted by atomic mass is 10.4. The van der Waals surface area contributed by atoms with E-state index in [1.807, 2.05) is 6.92 Å². The molecule has 0 amide bonds. The van der Waals surface area contributed by atoms with Crippen LogP contribution in [0, 0.1) is 0 Å². The van der Waals surface area contributed by atoms with Crippen molar-refractivity contribution < 1.29 is 0 Å². The fourth-order valence-electron chi connectivity index (χ4n) is 1.44. The van der Waals surface area contributed by atoms with E-state index in [0.717, 1.165) is 18.7 Å². The number of azo groups is 1. The van der Waals surface area contributed by atoms with Gasteiger partial charge in [-0.1, -0.05) is 12.8 Å². The second-order valence-corrected chi connectivity index (χ2v) is 4.45. The van der Waals surface area contributed by atoms with Gasteiger partial charge in [-0.25, -0.2) is 0 Å². The fourth-order valence-corrected chi connectivity index (χ4v) is 2.57. The van der Waals surface area contributed by atoms with Crippen molar-refractivity contribution in [2.45, 2.75) is 38.3 Å². The lowest BCUT2D eigenvalue weighted by Gasteiger charge is -1.96. The summed E-state index contributed by atoms with van der Waals surface area (Å²) in [5, 5.41) is 7.94. The third-order valence-corrected chi connectivity index (χ3v) is 3.36. The Hall–Kier alpha value is -0.230. The maximum atomic E-state index is 4.01. The molecule has 0 spiro atoms. The van der Waals surface area contributed by atoms with Gasteiger partial charge in [0.25, 0.3) is 0 Å². The average Bonchev–Trinajstić information content (AvgIpc) is 2.57. The SMILES string of the molecule is CCN=NCC=PC1CCCC1. The summed E-state index contributed by atoms with van der Waals surface area (Å²) in [5.41, 5.74) is 0.932. The first-order valence-electron chi connectivity index (χ1n) is 4.78. The first-order valence-corrected chi connectivity index (χ1v) is 5.81. The van der Waals surface area contributed by atoms with E-state index >= 15 is 0 Å². The highest BCUT2D eigenvalue weighted by Crippen LogP contribution is 2.27. The van der Waals surface area contributed by atoms with Crippen LogP contribution in [0.15, 0.2) is 10.2 Å². The molecule has 0 bridgehead atoms. The van der Waals surface area contributed by atoms with Crippen LogP contribution < -0.4 is 0 Å². The van der Waals surface area contributed by atoms with Crippen molar-refractivity contribution in [1.29, 1.82) is 0 Å². The van der Waals surface area contributed by atoms with Gasteiger partial charge >= 0.3 is 0 Å². The molecule has 0 atom stereocenters. The number of rotatable bonds is 4. The molecule has 0 saturated heterocycles. The monoisotopic (exact) mass is 184 g/mol. The van der Waals surface area contributed by atoms with E-state index < -0.39 is 0 Å². The molecule has 68 valence electrons. The molecule has 0 aromatic carbocycles. The van der Waals surface area contributed by atoms with Gasteiger partial charge in [0, 0.05) is 5.66 Å². The summed E-state index contributed by atoms with van der Waals surface area (Å²) < 4.78 is 0. The molecule has 1 aliphatic carbocycles. The van der Waals surface area contributed by atoms with Crippen LogP contribution in [-0.4, -0.2) is 24.5 Å². The largest absolute Gasteiger partial charge is 0.194 e. The van der Waals surface area contributed by atoms with E-state index in [1.165, 1.54) is 33.9 Å². The topological polar surface area (TPSA) is 24.7 Å². The summed E-state index contributed by atoms with van der Waals surface area (Å²) in [7, 11) is 1.49. The third kappa shape index (κ3) is 3.96. The van der Waals surface area contributed by atoms with Gasteiger partial charge in [-0.2, -0.15) is 10.2 Å². The van der Waals surface area contributed by atoms with Crippen molar-refractivity contribution in [3.63, 3.8) is 0 Å². The Balaban J connectivity index is 2.08. The van der Waals surface area contributed by atoms with Crippen LogP contribution in [0.25, 0.3) is 0 Å². The first-order chi connectivity index (χ1) is 5.93. The Morgan fingerprint density at radius 3 is 2.75 bits per heavy atom. The number of hydrogen-bond donors (Lipinski definition) is 0. The van der Waals surface area contributed by atoms with Gasteiger partial charge in [0.2, 0.25) is 0 Å². The zero-order valence-corrected chi connectivity index (χ0v) is 8.63. The van der Waals surface area contributed by atoms with Crippen molar-refractivity contribution in [2.75, 3.05) is 13.1 Å². The summed E-state index contributed by atoms with van der Waals surface area (Å²) in [6.07, 6.45) is 5.70. The minimum Gasteiger partial charge on any atom is -0.194 e. The van der Waals surface area contributed by atoms with Crippen molar-refractivity contribution in [3.05, 3.63) is 0 Å². The van der Waals surface area contributed by atoms with Crippen LogP contribution in [-0.2, 0) is 0 Å². The highest BCUT2D eigenvalue weighted by molar-refractivity contribution is 7.39. The normalized spacial score (nSPS) is 20.1. The Morgan fingerprint density at radius 1 is 1.33 bits per heavy atom. The Bertz CT molecular complexity index is 160. The van der Waals surface area contributed by atoms with Gasteiger partial charge in [-0.15, -0.1) is 8.20 Å². The highest BCUT2D eigenvalue weighted by atomic mass is 31.1. The molecule has 0 aromatic rings. The minimum atomic E-state index is 0.811. The van der Waals surface area contributed by atoms with Gasteiger partial charge in [0.15, 0.2) is 0 Å². The van der Waals surface area contributed by atoms with Crippen molar-refractivity contribution in [1.82, 2.24) is 0 Å². The second-order valence-electron chi connectivity index (χ2n) is 3.05. The Kier molecular flexibility index (Phi) is 5.18. The van der Waals surface area contributed by atoms with E-state index in [-0.39, 0.29) is 0 Å². The summed E-state index contributed by atoms with van der Waals surface area (Å²) >= 11 is 0. The molecule has 12 heavy (non-hydrogen) atoms. The molecule has 0 heterocycles. The lowest BCUT2D eigenvalue weighted by molar-refractivity contribution is 0.886. The van der Waals surface area contributed by atoms with E-state index in [2.05, 4.69) is 16.0 Å². The number of hydrogen-bond acceptors (Lipinski definition) is 2. The van der Waals surface area contributed by atoms with E-state index in [4.69, 9.17) is 0 Å². The summed E-state index contributed by atoms with van der Waals surface area (Å²) in [6, 6.07) is 0. The minimum absolute atomic E-state index is 0.811. The maximum absolute atomic E-state index is 4.01. The van der Waals surface area contributed by atoms with Gasteiger partial charge in [-0.05, 0) is 25.6 Å². The lowest BCUT2D eigenvalue weighted by Crippen LogP contribution is -1.88. The van der Waals surface area contributed by atoms with Gasteiger partial charge in [-0.3, -0.25) is 0 Å². The maximum Gasteiger partial charge on any atom is 0.0822 e. The third-order valence-electron chi connectivity index (χ3n) is 2.05. The van der Waals surface area contributed by atoms with Crippen molar-refractivity contribution >= 4 is 14.0 Å². The van der Waals surface area contributed by atoms with Crippen LogP contribution in [0.2, 0.25) is 0 Å². The predicted molar refractivity (Wildman–Crippen MR) is 55.5 cm³/mol. The fraction of sp³-hybridized carbons (Fsp3) is 0.889. The molecule has 0 aliphatic heterocycles. The smallest absolute Gasteiger partial charge is 0.0822 e. The molecule has 0 unspecified atom stereocenters. The van der Waals surface area contributed by atoms with E-state index in [0.29, 0.717) is 0 Å². The molecular formula is C9H17N2P. The predicted octanol–water partition coefficient (Wildman–Crippen LogP) is 3.15. The molecule has 0 aromatic heterocycles. The molecule has 1 fully saturated rings. The quantitative estimate of drug-likeness (QED) is 0.473. The van der Waals surface area contributed by atoms with Crippen molar-refractivity contribution in [3.8, 4) is 0 Å². The molecule has 2 nitrogen and oxygen atoms in total. The second kappa shape index (κ2) is 6.30. The summed E-state index contributed by atoms with van der Waals surface area (Å²) in [4.78, 5) is 0. The van der Waals surface area contributed by atoms with Gasteiger partial charge in [0.1, 0.15) is 0 Å². The Labute approximate surface area is 76.3 Å². The molecule has 0 N–H and O–H groups in total. The molecule has 1 rings (SSSR count). The molecule has 1 saturated carbocycles. The molecule has 1 aliphatic rings. The Morgan fingerprint density at radius 2 is 2.08 bits per heavy atom. The van der Waals surface area contributed by atoms with E-state index in [1.54, 1.807) is 0 Å². The highest BCUT2D eigenvalue weighted by Gasteiger charge is 2.11. The van der Waals surface area contributed by atoms with Crippen LogP contribution in [0.3, 0.4) is 0 Å². The molecule has 0 radical (unpaired) electrons. The van der Waals surface area contributed by atoms with Crippen LogP contribution in [0.1, 0.15) is 32.6 Å². The molecular weight excluding hydrogens is 167 g/mol. The standard InChI is InChI=1S/C9H17N2P/c1-2-10-11-7-8-12-9-5-3-4-6-9/h8-9H,2-7H2,1H3. The first kappa shape index (κ1) is 9.85. The zero-order valence-electron chi connectivity index (χ0n) is 7.74. The summed E-state index contributed by atoms with van der Waals surface area (Å²) in [5.74, 6) is 2.25. The zero-order chi connectivity index (χ0) is 8.65. The van der Waals surface area contributed by atoms with Crippen LogP contribution >= 0.6 is 8.20 Å². The van der Waals surface area contributed by atoms with Crippen LogP contribution in [0.4, 0.5) is 0 Å². The van der Waals surface area contributed by atoms with Gasteiger partial charge < -0.3 is 0 Å².